The van der Waals surface area contributed by atoms with Crippen molar-refractivity contribution in [2.45, 2.75) is 0 Å². The first-order valence-corrected chi connectivity index (χ1v) is 11.6. The van der Waals surface area contributed by atoms with Gasteiger partial charge >= 0.3 is 0 Å². The monoisotopic (exact) mass is 508 g/mol. The number of anilines is 2. The van der Waals surface area contributed by atoms with Crippen LogP contribution in [0.5, 0.6) is 0 Å². The summed E-state index contributed by atoms with van der Waals surface area (Å²) in [6, 6.07) is 23.7. The lowest BCUT2D eigenvalue weighted by Gasteiger charge is -2.23. The Morgan fingerprint density at radius 1 is 0.541 bits per heavy atom. The van der Waals surface area contributed by atoms with Gasteiger partial charge < -0.3 is 10.6 Å². The van der Waals surface area contributed by atoms with E-state index in [1.54, 1.807) is 66.7 Å². The summed E-state index contributed by atoms with van der Waals surface area (Å²) in [4.78, 5) is 65.0. The fourth-order valence-corrected chi connectivity index (χ4v) is 4.31. The van der Waals surface area contributed by atoms with E-state index in [-0.39, 0.29) is 39.2 Å². The standard InChI is InChI=1S/C29H17ClN2O5/c30-27(35)18-14-20-24(22(15-18)32-29(37)17-10-5-2-6-11-17)25(33)19-12-7-13-21(23(19)26(20)34)31-28(36)16-8-3-1-4-9-16/h1-15H,(H,31,36)(H,32,37). The zero-order chi connectivity index (χ0) is 26.1. The van der Waals surface area contributed by atoms with Crippen LogP contribution in [0.3, 0.4) is 0 Å². The third-order valence-corrected chi connectivity index (χ3v) is 6.16. The van der Waals surface area contributed by atoms with Crippen LogP contribution in [-0.4, -0.2) is 28.6 Å². The number of carbonyl (C=O) groups is 5. The highest BCUT2D eigenvalue weighted by Gasteiger charge is 2.35. The third kappa shape index (κ3) is 4.44. The molecule has 4 aromatic carbocycles. The number of ketones is 2. The SMILES string of the molecule is O=C(Cl)c1cc(NC(=O)c2ccccc2)c2c(c1)C(=O)c1c(NC(=O)c3ccccc3)cccc1C2=O. The van der Waals surface area contributed by atoms with Crippen molar-refractivity contribution in [3.8, 4) is 0 Å². The molecular weight excluding hydrogens is 492 g/mol. The van der Waals surface area contributed by atoms with Gasteiger partial charge in [0.05, 0.1) is 22.5 Å². The molecule has 0 heterocycles. The molecule has 5 rings (SSSR count). The zero-order valence-electron chi connectivity index (χ0n) is 19.1. The lowest BCUT2D eigenvalue weighted by atomic mass is 9.81. The third-order valence-electron chi connectivity index (χ3n) is 5.94. The number of carbonyl (C=O) groups excluding carboxylic acids is 5. The summed E-state index contributed by atoms with van der Waals surface area (Å²) in [6.45, 7) is 0. The van der Waals surface area contributed by atoms with Crippen LogP contribution >= 0.6 is 11.6 Å². The minimum Gasteiger partial charge on any atom is -0.321 e. The van der Waals surface area contributed by atoms with Crippen LogP contribution in [0.2, 0.25) is 0 Å². The average Bonchev–Trinajstić information content (AvgIpc) is 2.92. The number of rotatable bonds is 5. The minimum atomic E-state index is -0.866. The Bertz CT molecular complexity index is 1610. The molecule has 0 bridgehead atoms. The summed E-state index contributed by atoms with van der Waals surface area (Å²) in [5.41, 5.74) is 0.636. The number of nitrogens with one attached hydrogen (secondary N) is 2. The van der Waals surface area contributed by atoms with E-state index in [9.17, 15) is 24.0 Å². The second-order valence-electron chi connectivity index (χ2n) is 8.25. The smallest absolute Gasteiger partial charge is 0.255 e. The summed E-state index contributed by atoms with van der Waals surface area (Å²) in [7, 11) is 0. The maximum Gasteiger partial charge on any atom is 0.255 e. The van der Waals surface area contributed by atoms with Gasteiger partial charge in [0.2, 0.25) is 0 Å². The molecule has 0 spiro atoms. The van der Waals surface area contributed by atoms with Crippen LogP contribution in [0.4, 0.5) is 11.4 Å². The van der Waals surface area contributed by atoms with Gasteiger partial charge in [-0.05, 0) is 54.1 Å². The highest BCUT2D eigenvalue weighted by atomic mass is 35.5. The molecule has 0 saturated carbocycles. The molecule has 7 nitrogen and oxygen atoms in total. The predicted molar refractivity (Wildman–Crippen MR) is 139 cm³/mol. The molecule has 1 aliphatic rings. The van der Waals surface area contributed by atoms with Crippen molar-refractivity contribution in [3.63, 3.8) is 0 Å². The number of amides is 2. The van der Waals surface area contributed by atoms with Gasteiger partial charge in [-0.1, -0.05) is 48.5 Å². The summed E-state index contributed by atoms with van der Waals surface area (Å²) in [6.07, 6.45) is 0. The summed E-state index contributed by atoms with van der Waals surface area (Å²) in [5.74, 6) is -2.13. The second-order valence-corrected chi connectivity index (χ2v) is 8.59. The molecule has 0 aliphatic heterocycles. The topological polar surface area (TPSA) is 109 Å². The van der Waals surface area contributed by atoms with Crippen molar-refractivity contribution in [2.75, 3.05) is 10.6 Å². The second kappa shape index (κ2) is 9.64. The van der Waals surface area contributed by atoms with Gasteiger partial charge in [0.25, 0.3) is 17.1 Å². The molecular formula is C29H17ClN2O5. The molecule has 0 unspecified atom stereocenters. The van der Waals surface area contributed by atoms with Crippen molar-refractivity contribution < 1.29 is 24.0 Å². The fourth-order valence-electron chi connectivity index (χ4n) is 4.21. The fraction of sp³-hybridized carbons (Fsp3) is 0. The Morgan fingerprint density at radius 3 is 1.62 bits per heavy atom. The zero-order valence-corrected chi connectivity index (χ0v) is 19.8. The molecule has 0 aromatic heterocycles. The van der Waals surface area contributed by atoms with Crippen molar-refractivity contribution in [3.05, 3.63) is 130 Å². The lowest BCUT2D eigenvalue weighted by molar-refractivity contribution is 0.0977. The van der Waals surface area contributed by atoms with Gasteiger partial charge in [0, 0.05) is 27.8 Å². The number of benzene rings is 4. The highest BCUT2D eigenvalue weighted by molar-refractivity contribution is 6.67. The molecule has 0 atom stereocenters. The van der Waals surface area contributed by atoms with Gasteiger partial charge in [0.15, 0.2) is 11.6 Å². The van der Waals surface area contributed by atoms with Crippen LogP contribution < -0.4 is 10.6 Å². The predicted octanol–water partition coefficient (Wildman–Crippen LogP) is 5.35. The molecule has 180 valence electrons. The molecule has 0 fully saturated rings. The van der Waals surface area contributed by atoms with Gasteiger partial charge in [-0.25, -0.2) is 0 Å². The lowest BCUT2D eigenvalue weighted by Crippen LogP contribution is -2.26. The Morgan fingerprint density at radius 2 is 1.05 bits per heavy atom. The molecule has 1 aliphatic carbocycles. The molecule has 8 heteroatoms. The van der Waals surface area contributed by atoms with E-state index in [4.69, 9.17) is 11.6 Å². The summed E-state index contributed by atoms with van der Waals surface area (Å²) in [5, 5.41) is 4.47. The summed E-state index contributed by atoms with van der Waals surface area (Å²) < 4.78 is 0. The van der Waals surface area contributed by atoms with Crippen molar-refractivity contribution in [2.24, 2.45) is 0 Å². The van der Waals surface area contributed by atoms with Crippen LogP contribution in [0.25, 0.3) is 0 Å². The van der Waals surface area contributed by atoms with Crippen LogP contribution in [0, 0.1) is 0 Å². The Labute approximate surface area is 216 Å². The first-order valence-electron chi connectivity index (χ1n) is 11.2. The number of hydrogen-bond donors (Lipinski definition) is 2. The number of fused-ring (bicyclic) bond motifs is 2. The van der Waals surface area contributed by atoms with Crippen molar-refractivity contribution in [1.82, 2.24) is 0 Å². The van der Waals surface area contributed by atoms with Crippen LogP contribution in [-0.2, 0) is 0 Å². The van der Waals surface area contributed by atoms with E-state index in [1.165, 1.54) is 24.3 Å². The Hall–Kier alpha value is -4.88. The highest BCUT2D eigenvalue weighted by Crippen LogP contribution is 2.37. The van der Waals surface area contributed by atoms with E-state index < -0.39 is 28.6 Å². The van der Waals surface area contributed by atoms with Crippen molar-refractivity contribution >= 4 is 51.6 Å². The maximum atomic E-state index is 13.7. The Kier molecular flexibility index (Phi) is 6.21. The first kappa shape index (κ1) is 23.8. The normalized spacial score (nSPS) is 11.8. The summed E-state index contributed by atoms with van der Waals surface area (Å²) >= 11 is 5.72. The van der Waals surface area contributed by atoms with E-state index in [2.05, 4.69) is 10.6 Å². The van der Waals surface area contributed by atoms with Gasteiger partial charge in [-0.3, -0.25) is 24.0 Å². The molecule has 0 radical (unpaired) electrons. The van der Waals surface area contributed by atoms with E-state index in [1.807, 2.05) is 0 Å². The molecule has 0 saturated heterocycles. The average molecular weight is 509 g/mol. The van der Waals surface area contributed by atoms with Crippen LogP contribution in [0.1, 0.15) is 62.9 Å². The molecule has 4 aromatic rings. The van der Waals surface area contributed by atoms with Crippen molar-refractivity contribution in [1.29, 1.82) is 0 Å². The quantitative estimate of drug-likeness (QED) is 0.311. The number of halogens is 1. The van der Waals surface area contributed by atoms with Gasteiger partial charge in [-0.2, -0.15) is 0 Å². The molecule has 37 heavy (non-hydrogen) atoms. The minimum absolute atomic E-state index is 0.0104. The van der Waals surface area contributed by atoms with Crippen LogP contribution in [0.15, 0.2) is 91.0 Å². The maximum absolute atomic E-state index is 13.7. The van der Waals surface area contributed by atoms with E-state index in [0.717, 1.165) is 0 Å². The largest absolute Gasteiger partial charge is 0.321 e. The Balaban J connectivity index is 1.60. The molecule has 2 N–H and O–H groups in total. The molecule has 2 amide bonds. The van der Waals surface area contributed by atoms with E-state index in [0.29, 0.717) is 11.1 Å². The number of hydrogen-bond acceptors (Lipinski definition) is 5. The van der Waals surface area contributed by atoms with E-state index >= 15 is 0 Å². The first-order chi connectivity index (χ1) is 17.8. The van der Waals surface area contributed by atoms with Gasteiger partial charge in [-0.15, -0.1) is 0 Å². The van der Waals surface area contributed by atoms with Gasteiger partial charge in [0.1, 0.15) is 0 Å².